The van der Waals surface area contributed by atoms with Crippen LogP contribution in [0.15, 0.2) is 43.4 Å². The van der Waals surface area contributed by atoms with Crippen molar-refractivity contribution in [2.45, 2.75) is 6.42 Å². The van der Waals surface area contributed by atoms with Crippen molar-refractivity contribution in [1.29, 1.82) is 0 Å². The summed E-state index contributed by atoms with van der Waals surface area (Å²) in [6.07, 6.45) is 2.37. The van der Waals surface area contributed by atoms with E-state index in [0.717, 1.165) is 0 Å². The molecule has 0 aromatic heterocycles. The summed E-state index contributed by atoms with van der Waals surface area (Å²) in [4.78, 5) is 23.9. The molecule has 2 N–H and O–H groups in total. The molecule has 2 amide bonds. The zero-order chi connectivity index (χ0) is 24.4. The van der Waals surface area contributed by atoms with E-state index in [2.05, 4.69) is 52.9 Å². The Hall–Kier alpha value is -3.12. The molecule has 0 heterocycles. The van der Waals surface area contributed by atoms with Gasteiger partial charge in [0.05, 0.1) is 49.8 Å². The summed E-state index contributed by atoms with van der Waals surface area (Å²) in [5, 5.41) is 7.70. The molecular formula is C21H22Br2N4O6. The van der Waals surface area contributed by atoms with Crippen LogP contribution in [-0.2, 0) is 9.59 Å². The normalized spacial score (nSPS) is 10.8. The number of halogens is 2. The van der Waals surface area contributed by atoms with Crippen molar-refractivity contribution in [3.8, 4) is 23.0 Å². The number of benzene rings is 2. The largest absolute Gasteiger partial charge is 0.493 e. The molecule has 0 radical (unpaired) electrons. The standard InChI is InChI=1S/C21H22Br2N4O6/c1-30-16-7-12(5-14(22)20(16)32-3)10-24-26-18(28)9-19(29)27-25-11-13-6-15(23)21(33-4)17(8-13)31-2/h5-8,10-11H,9H2,1-4H3,(H,26,28)(H,27,29). The third-order valence-corrected chi connectivity index (χ3v) is 5.22. The van der Waals surface area contributed by atoms with Crippen LogP contribution in [0.3, 0.4) is 0 Å². The summed E-state index contributed by atoms with van der Waals surface area (Å²) in [5.41, 5.74) is 5.87. The first-order valence-corrected chi connectivity index (χ1v) is 10.9. The molecule has 12 heteroatoms. The average molecular weight is 586 g/mol. The van der Waals surface area contributed by atoms with E-state index in [-0.39, 0.29) is 0 Å². The topological polar surface area (TPSA) is 120 Å². The molecule has 2 aromatic rings. The van der Waals surface area contributed by atoms with Gasteiger partial charge in [-0.15, -0.1) is 0 Å². The van der Waals surface area contributed by atoms with E-state index in [1.165, 1.54) is 40.9 Å². The van der Waals surface area contributed by atoms with Crippen LogP contribution >= 0.6 is 31.9 Å². The molecule has 0 saturated carbocycles. The second kappa shape index (κ2) is 12.8. The van der Waals surface area contributed by atoms with Crippen molar-refractivity contribution in [3.05, 3.63) is 44.3 Å². The van der Waals surface area contributed by atoms with E-state index in [0.29, 0.717) is 43.1 Å². The molecule has 0 aliphatic carbocycles. The predicted molar refractivity (Wildman–Crippen MR) is 131 cm³/mol. The Morgan fingerprint density at radius 1 is 0.758 bits per heavy atom. The number of methoxy groups -OCH3 is 4. The lowest BCUT2D eigenvalue weighted by atomic mass is 10.2. The van der Waals surface area contributed by atoms with Crippen molar-refractivity contribution in [2.24, 2.45) is 10.2 Å². The van der Waals surface area contributed by atoms with Crippen LogP contribution in [0.25, 0.3) is 0 Å². The molecule has 2 aromatic carbocycles. The Kier molecular flexibility index (Phi) is 10.1. The minimum absolute atomic E-state index is 0.458. The third kappa shape index (κ3) is 7.46. The summed E-state index contributed by atoms with van der Waals surface area (Å²) in [5.74, 6) is 0.865. The Labute approximate surface area is 207 Å². The van der Waals surface area contributed by atoms with Crippen LogP contribution in [-0.4, -0.2) is 52.7 Å². The number of ether oxygens (including phenoxy) is 4. The summed E-state index contributed by atoms with van der Waals surface area (Å²) < 4.78 is 22.3. The molecule has 176 valence electrons. The Morgan fingerprint density at radius 3 is 1.48 bits per heavy atom. The Bertz CT molecular complexity index is 992. The molecule has 0 atom stereocenters. The number of carbonyl (C=O) groups excluding carboxylic acids is 2. The van der Waals surface area contributed by atoms with Crippen LogP contribution in [0, 0.1) is 0 Å². The Morgan fingerprint density at radius 2 is 1.15 bits per heavy atom. The minimum Gasteiger partial charge on any atom is -0.493 e. The fraction of sp³-hybridized carbons (Fsp3) is 0.238. The van der Waals surface area contributed by atoms with Gasteiger partial charge in [-0.2, -0.15) is 10.2 Å². The lowest BCUT2D eigenvalue weighted by Gasteiger charge is -2.10. The van der Waals surface area contributed by atoms with Crippen molar-refractivity contribution in [1.82, 2.24) is 10.9 Å². The first-order chi connectivity index (χ1) is 15.8. The first-order valence-electron chi connectivity index (χ1n) is 9.29. The van der Waals surface area contributed by atoms with Crippen LogP contribution in [0.2, 0.25) is 0 Å². The highest BCUT2D eigenvalue weighted by Gasteiger charge is 2.11. The molecule has 10 nitrogen and oxygen atoms in total. The van der Waals surface area contributed by atoms with E-state index in [1.54, 1.807) is 24.3 Å². The highest BCUT2D eigenvalue weighted by Crippen LogP contribution is 2.36. The van der Waals surface area contributed by atoms with Gasteiger partial charge in [0.15, 0.2) is 23.0 Å². The van der Waals surface area contributed by atoms with Gasteiger partial charge in [-0.3, -0.25) is 9.59 Å². The summed E-state index contributed by atoms with van der Waals surface area (Å²) >= 11 is 6.75. The molecule has 0 bridgehead atoms. The zero-order valence-electron chi connectivity index (χ0n) is 18.3. The molecule has 0 saturated heterocycles. The van der Waals surface area contributed by atoms with Crippen LogP contribution in [0.5, 0.6) is 23.0 Å². The van der Waals surface area contributed by atoms with Crippen LogP contribution in [0.1, 0.15) is 17.5 Å². The second-order valence-electron chi connectivity index (χ2n) is 6.24. The third-order valence-electron chi connectivity index (χ3n) is 4.04. The maximum Gasteiger partial charge on any atom is 0.249 e. The van der Waals surface area contributed by atoms with Gasteiger partial charge in [0.25, 0.3) is 0 Å². The molecule has 0 fully saturated rings. The summed E-state index contributed by atoms with van der Waals surface area (Å²) in [6, 6.07) is 6.86. The summed E-state index contributed by atoms with van der Waals surface area (Å²) in [7, 11) is 6.08. The average Bonchev–Trinajstić information content (AvgIpc) is 2.78. The van der Waals surface area contributed by atoms with Crippen molar-refractivity contribution < 1.29 is 28.5 Å². The fourth-order valence-electron chi connectivity index (χ4n) is 2.61. The van der Waals surface area contributed by atoms with Gasteiger partial charge < -0.3 is 18.9 Å². The number of nitrogens with one attached hydrogen (secondary N) is 2. The van der Waals surface area contributed by atoms with E-state index < -0.39 is 18.2 Å². The number of rotatable bonds is 10. The molecule has 0 aliphatic rings. The molecule has 0 spiro atoms. The molecule has 2 rings (SSSR count). The Balaban J connectivity index is 1.90. The maximum atomic E-state index is 11.9. The van der Waals surface area contributed by atoms with Gasteiger partial charge in [0.1, 0.15) is 6.42 Å². The van der Waals surface area contributed by atoms with Crippen LogP contribution in [0.4, 0.5) is 0 Å². The number of amides is 2. The number of hydrazone groups is 2. The van der Waals surface area contributed by atoms with Gasteiger partial charge >= 0.3 is 0 Å². The minimum atomic E-state index is -0.604. The maximum absolute atomic E-state index is 11.9. The van der Waals surface area contributed by atoms with Gasteiger partial charge in [-0.1, -0.05) is 0 Å². The van der Waals surface area contributed by atoms with Gasteiger partial charge in [0, 0.05) is 0 Å². The summed E-state index contributed by atoms with van der Waals surface area (Å²) in [6.45, 7) is 0. The second-order valence-corrected chi connectivity index (χ2v) is 7.95. The first kappa shape index (κ1) is 26.1. The fourth-order valence-corrected chi connectivity index (χ4v) is 3.85. The van der Waals surface area contributed by atoms with Gasteiger partial charge in [-0.25, -0.2) is 10.9 Å². The van der Waals surface area contributed by atoms with Crippen molar-refractivity contribution in [2.75, 3.05) is 28.4 Å². The highest BCUT2D eigenvalue weighted by molar-refractivity contribution is 9.11. The van der Waals surface area contributed by atoms with Gasteiger partial charge in [-0.05, 0) is 67.3 Å². The monoisotopic (exact) mass is 584 g/mol. The van der Waals surface area contributed by atoms with Crippen molar-refractivity contribution >= 4 is 56.1 Å². The predicted octanol–water partition coefficient (Wildman–Crippen LogP) is 3.24. The number of hydrogen-bond acceptors (Lipinski definition) is 8. The van der Waals surface area contributed by atoms with E-state index in [9.17, 15) is 9.59 Å². The number of hydrogen-bond donors (Lipinski definition) is 2. The molecule has 0 aliphatic heterocycles. The van der Waals surface area contributed by atoms with E-state index in [1.807, 2.05) is 0 Å². The lowest BCUT2D eigenvalue weighted by Crippen LogP contribution is -2.27. The molecular weight excluding hydrogens is 564 g/mol. The van der Waals surface area contributed by atoms with Crippen molar-refractivity contribution in [3.63, 3.8) is 0 Å². The van der Waals surface area contributed by atoms with Gasteiger partial charge in [0.2, 0.25) is 11.8 Å². The number of carbonyl (C=O) groups is 2. The SMILES string of the molecule is COc1cc(C=NNC(=O)CC(=O)NN=Cc2cc(Br)c(OC)c(OC)c2)cc(Br)c1OC. The smallest absolute Gasteiger partial charge is 0.249 e. The lowest BCUT2D eigenvalue weighted by molar-refractivity contribution is -0.129. The van der Waals surface area contributed by atoms with E-state index >= 15 is 0 Å². The molecule has 0 unspecified atom stereocenters. The zero-order valence-corrected chi connectivity index (χ0v) is 21.4. The quantitative estimate of drug-likeness (QED) is 0.251. The molecule has 33 heavy (non-hydrogen) atoms. The highest BCUT2D eigenvalue weighted by atomic mass is 79.9. The van der Waals surface area contributed by atoms with E-state index in [4.69, 9.17) is 18.9 Å². The van der Waals surface area contributed by atoms with Crippen LogP contribution < -0.4 is 29.8 Å². The number of nitrogens with zero attached hydrogens (tertiary/aromatic N) is 2.